The molecular weight excluding hydrogens is 250 g/mol. The molecule has 1 aliphatic carbocycles. The molecule has 0 amide bonds. The van der Waals surface area contributed by atoms with Gasteiger partial charge in [0.25, 0.3) is 0 Å². The second-order valence-corrected chi connectivity index (χ2v) is 5.96. The van der Waals surface area contributed by atoms with Crippen LogP contribution in [0.4, 0.5) is 0 Å². The topological polar surface area (TPSA) is 44.5 Å². The Morgan fingerprint density at radius 2 is 1.95 bits per heavy atom. The van der Waals surface area contributed by atoms with Crippen LogP contribution in [0.15, 0.2) is 24.3 Å². The zero-order valence-corrected chi connectivity index (χ0v) is 12.8. The molecule has 0 heterocycles. The number of hydrogen-bond donors (Lipinski definition) is 1. The summed E-state index contributed by atoms with van der Waals surface area (Å²) in [5.74, 6) is 1.62. The standard InChI is InChI=1S/C17H27NO2/c1-4-19-14-9-13(10-14)11-16(18)15-7-5-6-8-17(15)20-12(2)3/h5-8,12-14,16H,4,9-11,18H2,1-3H3. The van der Waals surface area contributed by atoms with E-state index in [4.69, 9.17) is 15.2 Å². The number of hydrogen-bond acceptors (Lipinski definition) is 3. The number of benzene rings is 1. The van der Waals surface area contributed by atoms with Crippen LogP contribution in [-0.2, 0) is 4.74 Å². The van der Waals surface area contributed by atoms with E-state index in [0.717, 1.165) is 37.2 Å². The van der Waals surface area contributed by atoms with Crippen molar-refractivity contribution < 1.29 is 9.47 Å². The van der Waals surface area contributed by atoms with Crippen molar-refractivity contribution >= 4 is 0 Å². The van der Waals surface area contributed by atoms with E-state index in [1.165, 1.54) is 0 Å². The molecule has 0 aromatic heterocycles. The predicted octanol–water partition coefficient (Wildman–Crippen LogP) is 3.68. The smallest absolute Gasteiger partial charge is 0.124 e. The lowest BCUT2D eigenvalue weighted by molar-refractivity contribution is -0.0282. The fraction of sp³-hybridized carbons (Fsp3) is 0.647. The summed E-state index contributed by atoms with van der Waals surface area (Å²) in [6.45, 7) is 6.95. The number of ether oxygens (including phenoxy) is 2. The lowest BCUT2D eigenvalue weighted by Crippen LogP contribution is -2.33. The minimum atomic E-state index is 0.0533. The van der Waals surface area contributed by atoms with Gasteiger partial charge in [0.2, 0.25) is 0 Å². The molecular formula is C17H27NO2. The quantitative estimate of drug-likeness (QED) is 0.827. The van der Waals surface area contributed by atoms with Gasteiger partial charge < -0.3 is 15.2 Å². The third-order valence-electron chi connectivity index (χ3n) is 3.86. The van der Waals surface area contributed by atoms with Gasteiger partial charge in [-0.3, -0.25) is 0 Å². The van der Waals surface area contributed by atoms with Gasteiger partial charge >= 0.3 is 0 Å². The molecule has 0 spiro atoms. The van der Waals surface area contributed by atoms with Crippen LogP contribution in [0.5, 0.6) is 5.75 Å². The molecule has 3 heteroatoms. The van der Waals surface area contributed by atoms with Crippen LogP contribution in [0.3, 0.4) is 0 Å². The van der Waals surface area contributed by atoms with E-state index in [0.29, 0.717) is 12.0 Å². The largest absolute Gasteiger partial charge is 0.491 e. The first-order chi connectivity index (χ1) is 9.60. The summed E-state index contributed by atoms with van der Waals surface area (Å²) >= 11 is 0. The third kappa shape index (κ3) is 3.97. The van der Waals surface area contributed by atoms with Gasteiger partial charge in [-0.1, -0.05) is 18.2 Å². The molecule has 1 aromatic carbocycles. The third-order valence-corrected chi connectivity index (χ3v) is 3.86. The Hall–Kier alpha value is -1.06. The van der Waals surface area contributed by atoms with Crippen LogP contribution in [-0.4, -0.2) is 18.8 Å². The molecule has 112 valence electrons. The predicted molar refractivity (Wildman–Crippen MR) is 81.9 cm³/mol. The molecule has 1 unspecified atom stereocenters. The maximum atomic E-state index is 6.38. The highest BCUT2D eigenvalue weighted by Crippen LogP contribution is 2.38. The Morgan fingerprint density at radius 1 is 1.25 bits per heavy atom. The minimum Gasteiger partial charge on any atom is -0.491 e. The maximum absolute atomic E-state index is 6.38. The highest BCUT2D eigenvalue weighted by atomic mass is 16.5. The van der Waals surface area contributed by atoms with Gasteiger partial charge in [-0.05, 0) is 52.0 Å². The van der Waals surface area contributed by atoms with E-state index in [9.17, 15) is 0 Å². The molecule has 20 heavy (non-hydrogen) atoms. The van der Waals surface area contributed by atoms with Gasteiger partial charge in [0.05, 0.1) is 12.2 Å². The van der Waals surface area contributed by atoms with Crippen molar-refractivity contribution in [3.05, 3.63) is 29.8 Å². The molecule has 0 radical (unpaired) electrons. The summed E-state index contributed by atoms with van der Waals surface area (Å²) in [7, 11) is 0. The molecule has 1 saturated carbocycles. The summed E-state index contributed by atoms with van der Waals surface area (Å²) in [4.78, 5) is 0. The maximum Gasteiger partial charge on any atom is 0.124 e. The second kappa shape index (κ2) is 7.09. The van der Waals surface area contributed by atoms with Gasteiger partial charge in [-0.15, -0.1) is 0 Å². The Morgan fingerprint density at radius 3 is 2.60 bits per heavy atom. The van der Waals surface area contributed by atoms with Gasteiger partial charge in [0.1, 0.15) is 5.75 Å². The first kappa shape index (κ1) is 15.3. The first-order valence-electron chi connectivity index (χ1n) is 7.72. The summed E-state index contributed by atoms with van der Waals surface area (Å²) in [5.41, 5.74) is 7.51. The van der Waals surface area contributed by atoms with Gasteiger partial charge in [-0.25, -0.2) is 0 Å². The molecule has 0 saturated heterocycles. The molecule has 1 atom stereocenters. The van der Waals surface area contributed by atoms with E-state index in [2.05, 4.69) is 13.0 Å². The van der Waals surface area contributed by atoms with Crippen LogP contribution in [0, 0.1) is 5.92 Å². The number of para-hydroxylation sites is 1. The zero-order chi connectivity index (χ0) is 14.5. The van der Waals surface area contributed by atoms with Crippen molar-refractivity contribution in [1.82, 2.24) is 0 Å². The van der Waals surface area contributed by atoms with Crippen molar-refractivity contribution in [2.75, 3.05) is 6.61 Å². The molecule has 2 rings (SSSR count). The molecule has 3 nitrogen and oxygen atoms in total. The molecule has 1 aliphatic rings. The Bertz CT molecular complexity index is 413. The van der Waals surface area contributed by atoms with E-state index < -0.39 is 0 Å². The van der Waals surface area contributed by atoms with E-state index >= 15 is 0 Å². The summed E-state index contributed by atoms with van der Waals surface area (Å²) in [6, 6.07) is 8.19. The van der Waals surface area contributed by atoms with Crippen LogP contribution < -0.4 is 10.5 Å². The number of rotatable bonds is 7. The van der Waals surface area contributed by atoms with Crippen molar-refractivity contribution in [2.24, 2.45) is 11.7 Å². The minimum absolute atomic E-state index is 0.0533. The average Bonchev–Trinajstić information content (AvgIpc) is 2.36. The number of nitrogens with two attached hydrogens (primary N) is 1. The van der Waals surface area contributed by atoms with Crippen LogP contribution >= 0.6 is 0 Å². The SMILES string of the molecule is CCOC1CC(CC(N)c2ccccc2OC(C)C)C1. The van der Waals surface area contributed by atoms with Crippen molar-refractivity contribution in [2.45, 2.75) is 58.3 Å². The summed E-state index contributed by atoms with van der Waals surface area (Å²) in [6.07, 6.45) is 3.94. The summed E-state index contributed by atoms with van der Waals surface area (Å²) in [5, 5.41) is 0. The Labute approximate surface area is 122 Å². The van der Waals surface area contributed by atoms with E-state index in [1.54, 1.807) is 0 Å². The highest BCUT2D eigenvalue weighted by molar-refractivity contribution is 5.36. The average molecular weight is 277 g/mol. The first-order valence-corrected chi connectivity index (χ1v) is 7.72. The van der Waals surface area contributed by atoms with Crippen LogP contribution in [0.1, 0.15) is 51.6 Å². The van der Waals surface area contributed by atoms with Gasteiger partial charge in [0.15, 0.2) is 0 Å². The van der Waals surface area contributed by atoms with E-state index in [1.807, 2.05) is 32.0 Å². The fourth-order valence-corrected chi connectivity index (χ4v) is 2.87. The summed E-state index contributed by atoms with van der Waals surface area (Å²) < 4.78 is 11.5. The molecule has 1 fully saturated rings. The molecule has 1 aromatic rings. The van der Waals surface area contributed by atoms with Crippen LogP contribution in [0.2, 0.25) is 0 Å². The van der Waals surface area contributed by atoms with Gasteiger partial charge in [-0.2, -0.15) is 0 Å². The Kier molecular flexibility index (Phi) is 5.44. The normalized spacial score (nSPS) is 23.4. The van der Waals surface area contributed by atoms with E-state index in [-0.39, 0.29) is 12.1 Å². The van der Waals surface area contributed by atoms with Crippen molar-refractivity contribution in [3.63, 3.8) is 0 Å². The molecule has 0 bridgehead atoms. The van der Waals surface area contributed by atoms with Crippen molar-refractivity contribution in [1.29, 1.82) is 0 Å². The molecule has 2 N–H and O–H groups in total. The highest BCUT2D eigenvalue weighted by Gasteiger charge is 2.31. The fourth-order valence-electron chi connectivity index (χ4n) is 2.87. The van der Waals surface area contributed by atoms with Crippen molar-refractivity contribution in [3.8, 4) is 5.75 Å². The second-order valence-electron chi connectivity index (χ2n) is 5.96. The van der Waals surface area contributed by atoms with Crippen LogP contribution in [0.25, 0.3) is 0 Å². The zero-order valence-electron chi connectivity index (χ0n) is 12.8. The molecule has 0 aliphatic heterocycles. The lowest BCUT2D eigenvalue weighted by atomic mass is 9.77. The van der Waals surface area contributed by atoms with Gasteiger partial charge in [0, 0.05) is 18.2 Å². The lowest BCUT2D eigenvalue weighted by Gasteiger charge is -2.36. The monoisotopic (exact) mass is 277 g/mol. The Balaban J connectivity index is 1.91.